The smallest absolute Gasteiger partial charge is 0.237 e. The number of carbonyl (C=O) groups excluding carboxylic acids is 1. The maximum Gasteiger partial charge on any atom is 0.237 e. The fourth-order valence-electron chi connectivity index (χ4n) is 4.00. The Bertz CT molecular complexity index is 1200. The molecule has 0 spiro atoms. The van der Waals surface area contributed by atoms with Crippen molar-refractivity contribution in [2.45, 2.75) is 25.0 Å². The molecule has 0 saturated carbocycles. The third-order valence-corrected chi connectivity index (χ3v) is 6.42. The second-order valence-corrected chi connectivity index (χ2v) is 8.46. The van der Waals surface area contributed by atoms with E-state index in [2.05, 4.69) is 47.5 Å². The summed E-state index contributed by atoms with van der Waals surface area (Å²) in [6, 6.07) is 20.1. The fourth-order valence-corrected chi connectivity index (χ4v) is 4.81. The first-order valence-electron chi connectivity index (χ1n) is 10.2. The number of benzene rings is 2. The van der Waals surface area contributed by atoms with E-state index in [1.165, 1.54) is 17.3 Å². The number of hydrogen-bond acceptors (Lipinski definition) is 5. The van der Waals surface area contributed by atoms with Gasteiger partial charge in [0.15, 0.2) is 10.9 Å². The maximum absolute atomic E-state index is 13.1. The molecule has 0 bridgehead atoms. The molecular weight excluding hydrogens is 408 g/mol. The summed E-state index contributed by atoms with van der Waals surface area (Å²) in [5.74, 6) is 1.71. The molecule has 1 aliphatic rings. The van der Waals surface area contributed by atoms with E-state index in [9.17, 15) is 4.79 Å². The first-order chi connectivity index (χ1) is 15.2. The molecule has 5 rings (SSSR count). The maximum atomic E-state index is 13.1. The zero-order chi connectivity index (χ0) is 21.2. The van der Waals surface area contributed by atoms with Gasteiger partial charge in [0.05, 0.1) is 18.6 Å². The van der Waals surface area contributed by atoms with Gasteiger partial charge in [-0.1, -0.05) is 60.3 Å². The molecular formula is C24H22N4O2S. The molecule has 1 aliphatic heterocycles. The van der Waals surface area contributed by atoms with Crippen molar-refractivity contribution < 1.29 is 9.21 Å². The molecule has 0 unspecified atom stereocenters. The van der Waals surface area contributed by atoms with Crippen molar-refractivity contribution in [3.05, 3.63) is 83.6 Å². The molecule has 0 saturated heterocycles. The predicted molar refractivity (Wildman–Crippen MR) is 121 cm³/mol. The van der Waals surface area contributed by atoms with Crippen LogP contribution in [0.4, 0.5) is 5.69 Å². The number of aryl methyl sites for hydroxylation is 1. The van der Waals surface area contributed by atoms with Crippen LogP contribution in [0.2, 0.25) is 0 Å². The molecule has 0 aliphatic carbocycles. The lowest BCUT2D eigenvalue weighted by molar-refractivity contribution is -0.116. The minimum atomic E-state index is 0.0897. The van der Waals surface area contributed by atoms with E-state index in [4.69, 9.17) is 4.42 Å². The summed E-state index contributed by atoms with van der Waals surface area (Å²) in [7, 11) is 0. The number of hydrogen-bond donors (Lipinski definition) is 0. The van der Waals surface area contributed by atoms with E-state index in [0.717, 1.165) is 29.8 Å². The number of nitrogens with zero attached hydrogens (tertiary/aromatic N) is 4. The highest BCUT2D eigenvalue weighted by Gasteiger charge is 2.27. The van der Waals surface area contributed by atoms with Crippen molar-refractivity contribution in [2.75, 3.05) is 17.2 Å². The van der Waals surface area contributed by atoms with Crippen LogP contribution in [0.25, 0.3) is 11.6 Å². The van der Waals surface area contributed by atoms with Crippen molar-refractivity contribution in [3.63, 3.8) is 0 Å². The first-order valence-corrected chi connectivity index (χ1v) is 11.2. The molecule has 0 atom stereocenters. The minimum absolute atomic E-state index is 0.0897. The number of aromatic nitrogens is 3. The van der Waals surface area contributed by atoms with Crippen LogP contribution < -0.4 is 4.90 Å². The zero-order valence-corrected chi connectivity index (χ0v) is 18.0. The molecule has 3 heterocycles. The Morgan fingerprint density at radius 1 is 1.06 bits per heavy atom. The van der Waals surface area contributed by atoms with Crippen molar-refractivity contribution in [1.29, 1.82) is 0 Å². The molecule has 0 N–H and O–H groups in total. The summed E-state index contributed by atoms with van der Waals surface area (Å²) < 4.78 is 7.57. The summed E-state index contributed by atoms with van der Waals surface area (Å²) >= 11 is 1.42. The number of amides is 1. The van der Waals surface area contributed by atoms with Crippen LogP contribution in [0.15, 0.2) is 76.5 Å². The number of fused-ring (bicyclic) bond motifs is 1. The van der Waals surface area contributed by atoms with Gasteiger partial charge in [-0.3, -0.25) is 9.36 Å². The van der Waals surface area contributed by atoms with Crippen LogP contribution in [0, 0.1) is 6.92 Å². The molecule has 7 heteroatoms. The third kappa shape index (κ3) is 3.88. The Kier molecular flexibility index (Phi) is 5.34. The molecule has 156 valence electrons. The lowest BCUT2D eigenvalue weighted by Crippen LogP contribution is -2.31. The second kappa shape index (κ2) is 8.43. The van der Waals surface area contributed by atoms with Gasteiger partial charge in [-0.25, -0.2) is 0 Å². The summed E-state index contributed by atoms with van der Waals surface area (Å²) in [5.41, 5.74) is 4.58. The Morgan fingerprint density at radius 2 is 1.94 bits per heavy atom. The van der Waals surface area contributed by atoms with Gasteiger partial charge in [0, 0.05) is 12.2 Å². The van der Waals surface area contributed by atoms with E-state index in [1.807, 2.05) is 39.8 Å². The number of rotatable bonds is 6. The fraction of sp³-hybridized carbons (Fsp3) is 0.208. The van der Waals surface area contributed by atoms with Crippen molar-refractivity contribution in [1.82, 2.24) is 14.8 Å². The van der Waals surface area contributed by atoms with Gasteiger partial charge < -0.3 is 9.32 Å². The molecule has 2 aromatic carbocycles. The number of furan rings is 1. The van der Waals surface area contributed by atoms with Crippen LogP contribution in [-0.4, -0.2) is 33.0 Å². The largest absolute Gasteiger partial charge is 0.461 e. The average molecular weight is 431 g/mol. The topological polar surface area (TPSA) is 64.2 Å². The summed E-state index contributed by atoms with van der Waals surface area (Å²) in [4.78, 5) is 15.0. The predicted octanol–water partition coefficient (Wildman–Crippen LogP) is 4.58. The van der Waals surface area contributed by atoms with Crippen LogP contribution in [0.3, 0.4) is 0 Å². The van der Waals surface area contributed by atoms with Crippen molar-refractivity contribution in [3.8, 4) is 11.6 Å². The Hall–Kier alpha value is -3.32. The molecule has 31 heavy (non-hydrogen) atoms. The van der Waals surface area contributed by atoms with E-state index in [1.54, 1.807) is 6.26 Å². The Labute approximate surface area is 184 Å². The highest BCUT2D eigenvalue weighted by Crippen LogP contribution is 2.32. The normalized spacial score (nSPS) is 12.9. The number of anilines is 1. The first kappa shape index (κ1) is 19.6. The van der Waals surface area contributed by atoms with Gasteiger partial charge in [-0.2, -0.15) is 0 Å². The quantitative estimate of drug-likeness (QED) is 0.419. The summed E-state index contributed by atoms with van der Waals surface area (Å²) in [5, 5.41) is 9.43. The number of carbonyl (C=O) groups is 1. The highest BCUT2D eigenvalue weighted by molar-refractivity contribution is 7.99. The number of thioether (sulfide) groups is 1. The van der Waals surface area contributed by atoms with Crippen LogP contribution >= 0.6 is 11.8 Å². The minimum Gasteiger partial charge on any atom is -0.461 e. The zero-order valence-electron chi connectivity index (χ0n) is 17.2. The Balaban J connectivity index is 1.38. The summed E-state index contributed by atoms with van der Waals surface area (Å²) in [6.45, 7) is 3.39. The molecule has 2 aromatic heterocycles. The SMILES string of the molecule is Cc1cccc2c1N(C(=O)CSc1nnc(-c3ccco3)n1Cc1ccccc1)CC2. The second-order valence-electron chi connectivity index (χ2n) is 7.52. The van der Waals surface area contributed by atoms with E-state index >= 15 is 0 Å². The van der Waals surface area contributed by atoms with Crippen molar-refractivity contribution in [2.24, 2.45) is 0 Å². The van der Waals surface area contributed by atoms with Crippen LogP contribution in [0.5, 0.6) is 0 Å². The molecule has 6 nitrogen and oxygen atoms in total. The standard InChI is InChI=1S/C24H22N4O2S/c1-17-7-5-10-19-12-13-27(22(17)19)21(29)16-31-24-26-25-23(20-11-6-14-30-20)28(24)15-18-8-3-2-4-9-18/h2-11,14H,12-13,15-16H2,1H3. The van der Waals surface area contributed by atoms with Gasteiger partial charge in [-0.05, 0) is 42.2 Å². The average Bonchev–Trinajstić information content (AvgIpc) is 3.53. The molecule has 0 radical (unpaired) electrons. The Morgan fingerprint density at radius 3 is 2.74 bits per heavy atom. The van der Waals surface area contributed by atoms with Crippen LogP contribution in [-0.2, 0) is 17.8 Å². The lowest BCUT2D eigenvalue weighted by atomic mass is 10.1. The van der Waals surface area contributed by atoms with Gasteiger partial charge in [0.25, 0.3) is 0 Å². The highest BCUT2D eigenvalue weighted by atomic mass is 32.2. The summed E-state index contributed by atoms with van der Waals surface area (Å²) in [6.07, 6.45) is 2.53. The lowest BCUT2D eigenvalue weighted by Gasteiger charge is -2.19. The van der Waals surface area contributed by atoms with Gasteiger partial charge in [0.1, 0.15) is 0 Å². The van der Waals surface area contributed by atoms with E-state index < -0.39 is 0 Å². The molecule has 0 fully saturated rings. The van der Waals surface area contributed by atoms with Crippen LogP contribution in [0.1, 0.15) is 16.7 Å². The molecule has 1 amide bonds. The number of para-hydroxylation sites is 1. The van der Waals surface area contributed by atoms with E-state index in [-0.39, 0.29) is 5.91 Å². The monoisotopic (exact) mass is 430 g/mol. The van der Waals surface area contributed by atoms with Gasteiger partial charge in [0.2, 0.25) is 11.7 Å². The van der Waals surface area contributed by atoms with Gasteiger partial charge in [-0.15, -0.1) is 10.2 Å². The van der Waals surface area contributed by atoms with Gasteiger partial charge >= 0.3 is 0 Å². The van der Waals surface area contributed by atoms with E-state index in [0.29, 0.717) is 29.0 Å². The van der Waals surface area contributed by atoms with Crippen molar-refractivity contribution >= 4 is 23.4 Å². The molecule has 4 aromatic rings. The third-order valence-electron chi connectivity index (χ3n) is 5.46.